The van der Waals surface area contributed by atoms with Crippen molar-refractivity contribution < 1.29 is 4.79 Å². The zero-order chi connectivity index (χ0) is 11.5. The molecule has 0 saturated carbocycles. The quantitative estimate of drug-likeness (QED) is 0.798. The fourth-order valence-corrected chi connectivity index (χ4v) is 1.65. The lowest BCUT2D eigenvalue weighted by Gasteiger charge is -2.05. The smallest absolute Gasteiger partial charge is 0.168 e. The molecule has 3 heteroatoms. The van der Waals surface area contributed by atoms with Crippen molar-refractivity contribution in [2.45, 2.75) is 19.8 Å². The normalized spacial score (nSPS) is 10.7. The van der Waals surface area contributed by atoms with Gasteiger partial charge in [0, 0.05) is 5.56 Å². The van der Waals surface area contributed by atoms with Crippen LogP contribution in [0.3, 0.4) is 0 Å². The zero-order valence-electron chi connectivity index (χ0n) is 9.40. The van der Waals surface area contributed by atoms with Crippen LogP contribution in [0.15, 0.2) is 30.6 Å². The van der Waals surface area contributed by atoms with Crippen molar-refractivity contribution in [2.75, 3.05) is 0 Å². The number of carbonyl (C=O) groups excluding carboxylic acids is 1. The Hall–Kier alpha value is -1.90. The molecule has 0 aliphatic rings. The Bertz CT molecular complexity index is 483. The van der Waals surface area contributed by atoms with Crippen molar-refractivity contribution in [2.24, 2.45) is 0 Å². The minimum atomic E-state index is 0.513. The molecular formula is C13H14N2O. The third kappa shape index (κ3) is 1.89. The molecule has 82 valence electrons. The van der Waals surface area contributed by atoms with E-state index in [0.29, 0.717) is 17.3 Å². The highest BCUT2D eigenvalue weighted by atomic mass is 16.1. The molecule has 0 atom stereocenters. The summed E-state index contributed by atoms with van der Waals surface area (Å²) >= 11 is 0. The van der Waals surface area contributed by atoms with E-state index in [1.165, 1.54) is 11.9 Å². The van der Waals surface area contributed by atoms with E-state index >= 15 is 0 Å². The summed E-state index contributed by atoms with van der Waals surface area (Å²) in [4.78, 5) is 17.7. The first-order valence-electron chi connectivity index (χ1n) is 5.31. The Morgan fingerprint density at radius 1 is 1.25 bits per heavy atom. The molecule has 16 heavy (non-hydrogen) atoms. The number of aldehydes is 1. The average molecular weight is 214 g/mol. The van der Waals surface area contributed by atoms with Gasteiger partial charge in [-0.2, -0.15) is 0 Å². The summed E-state index contributed by atoms with van der Waals surface area (Å²) in [5.74, 6) is 0.513. The van der Waals surface area contributed by atoms with Crippen LogP contribution < -0.4 is 0 Å². The number of hydrogen-bond acceptors (Lipinski definition) is 2. The number of nitrogens with one attached hydrogen (secondary N) is 1. The summed E-state index contributed by atoms with van der Waals surface area (Å²) in [6.45, 7) is 4.31. The highest BCUT2D eigenvalue weighted by Gasteiger charge is 2.07. The summed E-state index contributed by atoms with van der Waals surface area (Å²) < 4.78 is 0. The molecule has 1 aromatic carbocycles. The predicted molar refractivity (Wildman–Crippen MR) is 63.5 cm³/mol. The van der Waals surface area contributed by atoms with Crippen molar-refractivity contribution in [1.29, 1.82) is 0 Å². The monoisotopic (exact) mass is 214 g/mol. The summed E-state index contributed by atoms with van der Waals surface area (Å²) in [7, 11) is 0. The van der Waals surface area contributed by atoms with Gasteiger partial charge in [0.05, 0.1) is 12.0 Å². The van der Waals surface area contributed by atoms with Crippen molar-refractivity contribution >= 4 is 6.29 Å². The van der Waals surface area contributed by atoms with Crippen LogP contribution in [0.2, 0.25) is 0 Å². The highest BCUT2D eigenvalue weighted by molar-refractivity contribution is 5.83. The van der Waals surface area contributed by atoms with Crippen LogP contribution in [0.5, 0.6) is 0 Å². The topological polar surface area (TPSA) is 45.8 Å². The molecule has 0 radical (unpaired) electrons. The first kappa shape index (κ1) is 10.6. The number of nitrogens with zero attached hydrogens (tertiary/aromatic N) is 1. The molecule has 1 N–H and O–H groups in total. The molecule has 1 heterocycles. The molecule has 0 fully saturated rings. The van der Waals surface area contributed by atoms with Gasteiger partial charge < -0.3 is 4.98 Å². The maximum Gasteiger partial charge on any atom is 0.168 e. The van der Waals surface area contributed by atoms with E-state index in [1.807, 2.05) is 12.1 Å². The second-order valence-corrected chi connectivity index (χ2v) is 4.06. The second-order valence-electron chi connectivity index (χ2n) is 4.06. The fourth-order valence-electron chi connectivity index (χ4n) is 1.65. The minimum Gasteiger partial charge on any atom is -0.342 e. The molecular weight excluding hydrogens is 200 g/mol. The van der Waals surface area contributed by atoms with Gasteiger partial charge in [-0.15, -0.1) is 0 Å². The minimum absolute atomic E-state index is 0.513. The Morgan fingerprint density at radius 2 is 1.94 bits per heavy atom. The Kier molecular flexibility index (Phi) is 2.86. The van der Waals surface area contributed by atoms with Crippen LogP contribution in [0, 0.1) is 0 Å². The SMILES string of the molecule is CC(C)c1ccc(-c2nc[nH]c2C=O)cc1. The maximum atomic E-state index is 10.8. The summed E-state index contributed by atoms with van der Waals surface area (Å²) in [6.07, 6.45) is 2.33. The van der Waals surface area contributed by atoms with Gasteiger partial charge in [0.2, 0.25) is 0 Å². The molecule has 2 aromatic rings. The molecule has 3 nitrogen and oxygen atoms in total. The van der Waals surface area contributed by atoms with E-state index in [4.69, 9.17) is 0 Å². The number of rotatable bonds is 3. The number of aromatic amines is 1. The number of imidazole rings is 1. The van der Waals surface area contributed by atoms with Crippen molar-refractivity contribution in [3.05, 3.63) is 41.9 Å². The van der Waals surface area contributed by atoms with Gasteiger partial charge in [0.1, 0.15) is 5.69 Å². The third-order valence-corrected chi connectivity index (χ3v) is 2.64. The standard InChI is InChI=1S/C13H14N2O/c1-9(2)10-3-5-11(6-4-10)13-12(7-16)14-8-15-13/h3-9H,1-2H3,(H,14,15). The van der Waals surface area contributed by atoms with Crippen molar-refractivity contribution in [1.82, 2.24) is 9.97 Å². The zero-order valence-corrected chi connectivity index (χ0v) is 9.40. The highest BCUT2D eigenvalue weighted by Crippen LogP contribution is 2.22. The van der Waals surface area contributed by atoms with Crippen molar-refractivity contribution in [3.63, 3.8) is 0 Å². The number of benzene rings is 1. The second kappa shape index (κ2) is 4.31. The lowest BCUT2D eigenvalue weighted by Crippen LogP contribution is -1.89. The van der Waals surface area contributed by atoms with E-state index in [9.17, 15) is 4.79 Å². The molecule has 0 bridgehead atoms. The number of aromatic nitrogens is 2. The van der Waals surface area contributed by atoms with Crippen LogP contribution in [0.1, 0.15) is 35.8 Å². The Balaban J connectivity index is 2.38. The third-order valence-electron chi connectivity index (χ3n) is 2.64. The van der Waals surface area contributed by atoms with Gasteiger partial charge in [-0.3, -0.25) is 4.79 Å². The maximum absolute atomic E-state index is 10.8. The summed E-state index contributed by atoms with van der Waals surface area (Å²) in [6, 6.07) is 8.14. The molecule has 0 aliphatic heterocycles. The lowest BCUT2D eigenvalue weighted by atomic mass is 10.0. The number of H-pyrrole nitrogens is 1. The van der Waals surface area contributed by atoms with Crippen LogP contribution >= 0.6 is 0 Å². The predicted octanol–water partition coefficient (Wildman–Crippen LogP) is 3.01. The van der Waals surface area contributed by atoms with Gasteiger partial charge in [-0.25, -0.2) is 4.98 Å². The molecule has 0 unspecified atom stereocenters. The van der Waals surface area contributed by atoms with Crippen LogP contribution in [-0.2, 0) is 0 Å². The molecule has 0 amide bonds. The van der Waals surface area contributed by atoms with E-state index in [-0.39, 0.29) is 0 Å². The fraction of sp³-hybridized carbons (Fsp3) is 0.231. The van der Waals surface area contributed by atoms with Crippen LogP contribution in [-0.4, -0.2) is 16.3 Å². The van der Waals surface area contributed by atoms with E-state index in [0.717, 1.165) is 11.8 Å². The average Bonchev–Trinajstić information content (AvgIpc) is 2.77. The number of carbonyl (C=O) groups is 1. The van der Waals surface area contributed by atoms with E-state index < -0.39 is 0 Å². The van der Waals surface area contributed by atoms with E-state index in [1.54, 1.807) is 0 Å². The number of hydrogen-bond donors (Lipinski definition) is 1. The van der Waals surface area contributed by atoms with Crippen LogP contribution in [0.4, 0.5) is 0 Å². The van der Waals surface area contributed by atoms with Gasteiger partial charge >= 0.3 is 0 Å². The Labute approximate surface area is 94.5 Å². The van der Waals surface area contributed by atoms with Crippen molar-refractivity contribution in [3.8, 4) is 11.3 Å². The molecule has 2 rings (SSSR count). The van der Waals surface area contributed by atoms with Gasteiger partial charge in [-0.1, -0.05) is 38.1 Å². The first-order valence-corrected chi connectivity index (χ1v) is 5.31. The van der Waals surface area contributed by atoms with E-state index in [2.05, 4.69) is 35.9 Å². The largest absolute Gasteiger partial charge is 0.342 e. The Morgan fingerprint density at radius 3 is 2.50 bits per heavy atom. The first-order chi connectivity index (χ1) is 7.72. The molecule has 1 aromatic heterocycles. The summed E-state index contributed by atoms with van der Waals surface area (Å²) in [5.41, 5.74) is 3.49. The van der Waals surface area contributed by atoms with Gasteiger partial charge in [0.15, 0.2) is 6.29 Å². The summed E-state index contributed by atoms with van der Waals surface area (Å²) in [5, 5.41) is 0. The van der Waals surface area contributed by atoms with Gasteiger partial charge in [-0.05, 0) is 11.5 Å². The molecule has 0 spiro atoms. The van der Waals surface area contributed by atoms with Gasteiger partial charge in [0.25, 0.3) is 0 Å². The van der Waals surface area contributed by atoms with Crippen LogP contribution in [0.25, 0.3) is 11.3 Å². The molecule has 0 aliphatic carbocycles. The lowest BCUT2D eigenvalue weighted by molar-refractivity contribution is 0.112. The molecule has 0 saturated heterocycles.